The molecule has 0 aromatic heterocycles. The standard InChI is InChI=1S/C15H15NO3/c1-15(2,3)14(17)11(8-16)6-10-4-5-12-13(7-10)19-9-18-12/h4-7H,9H2,1-3H3/b11-6-. The highest BCUT2D eigenvalue weighted by molar-refractivity contribution is 6.06. The van der Waals surface area contributed by atoms with Gasteiger partial charge in [-0.3, -0.25) is 4.79 Å². The first kappa shape index (κ1) is 13.2. The Balaban J connectivity index is 2.34. The van der Waals surface area contributed by atoms with Crippen LogP contribution in [0.25, 0.3) is 6.08 Å². The summed E-state index contributed by atoms with van der Waals surface area (Å²) in [6.07, 6.45) is 1.58. The normalized spacial score (nSPS) is 14.1. The van der Waals surface area contributed by atoms with Crippen molar-refractivity contribution in [2.24, 2.45) is 5.41 Å². The summed E-state index contributed by atoms with van der Waals surface area (Å²) in [6.45, 7) is 5.58. The average Bonchev–Trinajstić information content (AvgIpc) is 2.81. The molecule has 19 heavy (non-hydrogen) atoms. The van der Waals surface area contributed by atoms with Crippen molar-refractivity contribution in [1.29, 1.82) is 5.26 Å². The summed E-state index contributed by atoms with van der Waals surface area (Å²) in [5, 5.41) is 9.12. The number of hydrogen-bond acceptors (Lipinski definition) is 4. The molecule has 0 saturated carbocycles. The van der Waals surface area contributed by atoms with Crippen LogP contribution in [0.4, 0.5) is 0 Å². The van der Waals surface area contributed by atoms with Crippen LogP contribution in [0.2, 0.25) is 0 Å². The topological polar surface area (TPSA) is 59.3 Å². The number of fused-ring (bicyclic) bond motifs is 1. The second-order valence-corrected chi connectivity index (χ2v) is 5.36. The molecule has 0 N–H and O–H groups in total. The number of allylic oxidation sites excluding steroid dienone is 1. The molecule has 0 fully saturated rings. The number of rotatable bonds is 2. The van der Waals surface area contributed by atoms with Crippen LogP contribution >= 0.6 is 0 Å². The number of nitriles is 1. The van der Waals surface area contributed by atoms with Crippen molar-refractivity contribution in [3.05, 3.63) is 29.3 Å². The van der Waals surface area contributed by atoms with Crippen molar-refractivity contribution in [3.8, 4) is 17.6 Å². The smallest absolute Gasteiger partial charge is 0.231 e. The molecule has 0 aliphatic carbocycles. The fourth-order valence-electron chi connectivity index (χ4n) is 1.72. The van der Waals surface area contributed by atoms with Crippen molar-refractivity contribution in [3.63, 3.8) is 0 Å². The number of benzene rings is 1. The van der Waals surface area contributed by atoms with Gasteiger partial charge < -0.3 is 9.47 Å². The summed E-state index contributed by atoms with van der Waals surface area (Å²) in [5.41, 5.74) is 0.322. The maximum absolute atomic E-state index is 12.1. The minimum atomic E-state index is -0.572. The van der Waals surface area contributed by atoms with Gasteiger partial charge in [0.2, 0.25) is 6.79 Å². The summed E-state index contributed by atoms with van der Waals surface area (Å²) in [6, 6.07) is 7.28. The summed E-state index contributed by atoms with van der Waals surface area (Å²) in [7, 11) is 0. The number of hydrogen-bond donors (Lipinski definition) is 0. The Morgan fingerprint density at radius 3 is 2.63 bits per heavy atom. The molecule has 0 amide bonds. The number of Topliss-reactive ketones (excluding diaryl/α,β-unsaturated/α-hetero) is 1. The van der Waals surface area contributed by atoms with Gasteiger partial charge in [-0.2, -0.15) is 5.26 Å². The van der Waals surface area contributed by atoms with Crippen LogP contribution in [-0.2, 0) is 4.79 Å². The molecule has 1 heterocycles. The summed E-state index contributed by atoms with van der Waals surface area (Å²) >= 11 is 0. The Kier molecular flexibility index (Phi) is 3.30. The Morgan fingerprint density at radius 2 is 2.00 bits per heavy atom. The van der Waals surface area contributed by atoms with Crippen molar-refractivity contribution in [2.45, 2.75) is 20.8 Å². The molecule has 0 radical (unpaired) electrons. The highest BCUT2D eigenvalue weighted by Gasteiger charge is 2.25. The first-order chi connectivity index (χ1) is 8.91. The third-order valence-electron chi connectivity index (χ3n) is 2.75. The molecule has 0 saturated heterocycles. The molecule has 0 bridgehead atoms. The molecule has 98 valence electrons. The van der Waals surface area contributed by atoms with Crippen LogP contribution in [0.3, 0.4) is 0 Å². The molecule has 1 aliphatic rings. The second-order valence-electron chi connectivity index (χ2n) is 5.36. The van der Waals surface area contributed by atoms with E-state index in [0.29, 0.717) is 11.5 Å². The van der Waals surface area contributed by atoms with Gasteiger partial charge in [-0.25, -0.2) is 0 Å². The minimum absolute atomic E-state index is 0.145. The molecule has 4 heteroatoms. The Bertz CT molecular complexity index is 588. The second kappa shape index (κ2) is 4.77. The lowest BCUT2D eigenvalue weighted by Gasteiger charge is -2.15. The maximum Gasteiger partial charge on any atom is 0.231 e. The van der Waals surface area contributed by atoms with Crippen LogP contribution in [0.1, 0.15) is 26.3 Å². The fraction of sp³-hybridized carbons (Fsp3) is 0.333. The monoisotopic (exact) mass is 257 g/mol. The summed E-state index contributed by atoms with van der Waals surface area (Å²) in [5.74, 6) is 1.14. The number of ether oxygens (including phenoxy) is 2. The zero-order valence-electron chi connectivity index (χ0n) is 11.2. The Labute approximate surface area is 112 Å². The molecule has 0 unspecified atom stereocenters. The highest BCUT2D eigenvalue weighted by atomic mass is 16.7. The molecular weight excluding hydrogens is 242 g/mol. The van der Waals surface area contributed by atoms with Crippen LogP contribution in [-0.4, -0.2) is 12.6 Å². The number of carbonyl (C=O) groups is 1. The molecule has 1 aromatic carbocycles. The lowest BCUT2D eigenvalue weighted by molar-refractivity contribution is -0.121. The SMILES string of the molecule is CC(C)(C)C(=O)/C(C#N)=C\c1ccc2c(c1)OCO2. The van der Waals surface area contributed by atoms with E-state index in [2.05, 4.69) is 0 Å². The van der Waals surface area contributed by atoms with Gasteiger partial charge in [0.05, 0.1) is 5.57 Å². The fourth-order valence-corrected chi connectivity index (χ4v) is 1.72. The maximum atomic E-state index is 12.1. The van der Waals surface area contributed by atoms with Crippen LogP contribution in [0.15, 0.2) is 23.8 Å². The first-order valence-corrected chi connectivity index (χ1v) is 5.98. The predicted molar refractivity (Wildman–Crippen MR) is 70.6 cm³/mol. The van der Waals surface area contributed by atoms with E-state index in [-0.39, 0.29) is 18.1 Å². The first-order valence-electron chi connectivity index (χ1n) is 5.98. The average molecular weight is 257 g/mol. The largest absolute Gasteiger partial charge is 0.454 e. The molecule has 0 atom stereocenters. The van der Waals surface area contributed by atoms with Crippen molar-refractivity contribution >= 4 is 11.9 Å². The van der Waals surface area contributed by atoms with E-state index in [0.717, 1.165) is 5.56 Å². The lowest BCUT2D eigenvalue weighted by atomic mass is 9.86. The van der Waals surface area contributed by atoms with Crippen LogP contribution in [0, 0.1) is 16.7 Å². The van der Waals surface area contributed by atoms with Crippen molar-refractivity contribution < 1.29 is 14.3 Å². The molecule has 2 rings (SSSR count). The van der Waals surface area contributed by atoms with E-state index in [9.17, 15) is 4.79 Å². The number of carbonyl (C=O) groups excluding carboxylic acids is 1. The Morgan fingerprint density at radius 1 is 1.32 bits per heavy atom. The highest BCUT2D eigenvalue weighted by Crippen LogP contribution is 2.33. The van der Waals surface area contributed by atoms with Gasteiger partial charge in [0.25, 0.3) is 0 Å². The van der Waals surface area contributed by atoms with Crippen molar-refractivity contribution in [1.82, 2.24) is 0 Å². The molecule has 1 aliphatic heterocycles. The predicted octanol–water partition coefficient (Wildman–Crippen LogP) is 2.94. The van der Waals surface area contributed by atoms with E-state index in [4.69, 9.17) is 14.7 Å². The number of nitrogens with zero attached hydrogens (tertiary/aromatic N) is 1. The van der Waals surface area contributed by atoms with Gasteiger partial charge in [0.1, 0.15) is 6.07 Å². The Hall–Kier alpha value is -2.28. The van der Waals surface area contributed by atoms with Gasteiger partial charge in [0.15, 0.2) is 17.3 Å². The third kappa shape index (κ3) is 2.76. The molecule has 4 nitrogen and oxygen atoms in total. The third-order valence-corrected chi connectivity index (χ3v) is 2.75. The van der Waals surface area contributed by atoms with Gasteiger partial charge >= 0.3 is 0 Å². The summed E-state index contributed by atoms with van der Waals surface area (Å²) in [4.78, 5) is 12.1. The molecular formula is C15H15NO3. The lowest BCUT2D eigenvalue weighted by Crippen LogP contribution is -2.21. The zero-order valence-corrected chi connectivity index (χ0v) is 11.2. The van der Waals surface area contributed by atoms with Crippen LogP contribution < -0.4 is 9.47 Å². The quantitative estimate of drug-likeness (QED) is 0.603. The van der Waals surface area contributed by atoms with Gasteiger partial charge in [-0.05, 0) is 23.8 Å². The number of ketones is 1. The van der Waals surface area contributed by atoms with Gasteiger partial charge in [-0.1, -0.05) is 26.8 Å². The van der Waals surface area contributed by atoms with Crippen molar-refractivity contribution in [2.75, 3.05) is 6.79 Å². The van der Waals surface area contributed by atoms with Gasteiger partial charge in [-0.15, -0.1) is 0 Å². The van der Waals surface area contributed by atoms with E-state index in [1.807, 2.05) is 6.07 Å². The molecule has 1 aromatic rings. The van der Waals surface area contributed by atoms with Crippen LogP contribution in [0.5, 0.6) is 11.5 Å². The van der Waals surface area contributed by atoms with Gasteiger partial charge in [0, 0.05) is 5.41 Å². The zero-order chi connectivity index (χ0) is 14.0. The van der Waals surface area contributed by atoms with E-state index < -0.39 is 5.41 Å². The van der Waals surface area contributed by atoms with E-state index in [1.54, 1.807) is 45.0 Å². The van der Waals surface area contributed by atoms with E-state index >= 15 is 0 Å². The summed E-state index contributed by atoms with van der Waals surface area (Å²) < 4.78 is 10.5. The minimum Gasteiger partial charge on any atom is -0.454 e. The molecule has 0 spiro atoms. The van der Waals surface area contributed by atoms with E-state index in [1.165, 1.54) is 0 Å².